The molecule has 3 nitrogen and oxygen atoms in total. The first-order chi connectivity index (χ1) is 4.30. The van der Waals surface area contributed by atoms with Crippen molar-refractivity contribution >= 4 is 8.03 Å². The molecule has 0 amide bonds. The van der Waals surface area contributed by atoms with Gasteiger partial charge in [0.1, 0.15) is 0 Å². The molecule has 0 aromatic carbocycles. The van der Waals surface area contributed by atoms with Crippen molar-refractivity contribution < 1.29 is 9.46 Å². The van der Waals surface area contributed by atoms with Gasteiger partial charge in [0, 0.05) is 19.5 Å². The Balaban J connectivity index is 2.57. The van der Waals surface area contributed by atoms with Gasteiger partial charge in [-0.05, 0) is 10.6 Å². The fraction of sp³-hybridized carbons (Fsp3) is 0.600. The maximum absolute atomic E-state index is 10.4. The smallest absolute Gasteiger partial charge is 0.313 e. The van der Waals surface area contributed by atoms with Crippen LogP contribution < -0.4 is 5.32 Å². The molecule has 50 valence electrons. The van der Waals surface area contributed by atoms with Crippen LogP contribution in [0.15, 0.2) is 11.4 Å². The van der Waals surface area contributed by atoms with Gasteiger partial charge in [0.2, 0.25) is 0 Å². The molecule has 0 fully saturated rings. The third-order valence-corrected chi connectivity index (χ3v) is 2.18. The van der Waals surface area contributed by atoms with Gasteiger partial charge in [0.05, 0.1) is 0 Å². The van der Waals surface area contributed by atoms with Crippen molar-refractivity contribution in [2.24, 2.45) is 0 Å². The Morgan fingerprint density at radius 2 is 2.56 bits per heavy atom. The molecular formula is C5H9NO2P+. The largest absolute Gasteiger partial charge is 0.541 e. The summed E-state index contributed by atoms with van der Waals surface area (Å²) in [5, 5.41) is 3.74. The highest BCUT2D eigenvalue weighted by Crippen LogP contribution is 2.29. The Hall–Kier alpha value is -0.240. The van der Waals surface area contributed by atoms with Crippen molar-refractivity contribution in [3.8, 4) is 0 Å². The summed E-state index contributed by atoms with van der Waals surface area (Å²) in [6, 6.07) is 0. The molecule has 0 spiro atoms. The minimum Gasteiger partial charge on any atom is -0.313 e. The molecule has 1 aliphatic heterocycles. The number of nitrogens with one attached hydrogen (secondary N) is 1. The first kappa shape index (κ1) is 6.87. The summed E-state index contributed by atoms with van der Waals surface area (Å²) < 4.78 is 10.4. The van der Waals surface area contributed by atoms with Crippen molar-refractivity contribution in [2.75, 3.05) is 13.1 Å². The van der Waals surface area contributed by atoms with Gasteiger partial charge in [0.25, 0.3) is 0 Å². The molecule has 2 N–H and O–H groups in total. The molecule has 1 unspecified atom stereocenters. The maximum atomic E-state index is 10.4. The van der Waals surface area contributed by atoms with E-state index in [4.69, 9.17) is 4.89 Å². The molecule has 0 aromatic heterocycles. The van der Waals surface area contributed by atoms with Crippen LogP contribution in [0.4, 0.5) is 0 Å². The average molecular weight is 146 g/mol. The van der Waals surface area contributed by atoms with Crippen molar-refractivity contribution in [1.82, 2.24) is 5.32 Å². The van der Waals surface area contributed by atoms with Gasteiger partial charge < -0.3 is 5.32 Å². The quantitative estimate of drug-likeness (QED) is 0.532. The first-order valence-electron chi connectivity index (χ1n) is 2.86. The van der Waals surface area contributed by atoms with Crippen molar-refractivity contribution in [2.45, 2.75) is 6.42 Å². The van der Waals surface area contributed by atoms with E-state index >= 15 is 0 Å². The molecule has 1 rings (SSSR count). The standard InChI is InChI=1S/C5H8NO2P/c7-9(8)5-1-3-6-4-2-5/h1,6H,2-4H2/p+1. The third-order valence-electron chi connectivity index (χ3n) is 1.29. The summed E-state index contributed by atoms with van der Waals surface area (Å²) in [4.78, 5) is 8.59. The van der Waals surface area contributed by atoms with E-state index in [0.717, 1.165) is 13.1 Å². The maximum Gasteiger partial charge on any atom is 0.541 e. The lowest BCUT2D eigenvalue weighted by Gasteiger charge is -2.03. The summed E-state index contributed by atoms with van der Waals surface area (Å²) in [5.74, 6) is 0. The summed E-state index contributed by atoms with van der Waals surface area (Å²) in [6.45, 7) is 1.56. The van der Waals surface area contributed by atoms with Crippen LogP contribution in [0.5, 0.6) is 0 Å². The van der Waals surface area contributed by atoms with Crippen LogP contribution in [0, 0.1) is 0 Å². The van der Waals surface area contributed by atoms with Crippen LogP contribution in [-0.4, -0.2) is 18.0 Å². The normalized spacial score (nSPS) is 21.0. The van der Waals surface area contributed by atoms with Gasteiger partial charge in [-0.25, -0.2) is 0 Å². The van der Waals surface area contributed by atoms with Crippen molar-refractivity contribution in [3.63, 3.8) is 0 Å². The number of hydrogen-bond acceptors (Lipinski definition) is 2. The summed E-state index contributed by atoms with van der Waals surface area (Å²) in [6.07, 6.45) is 2.49. The molecule has 1 atom stereocenters. The van der Waals surface area contributed by atoms with Gasteiger partial charge in [-0.1, -0.05) is 0 Å². The van der Waals surface area contributed by atoms with Gasteiger partial charge in [-0.2, -0.15) is 4.89 Å². The summed E-state index contributed by atoms with van der Waals surface area (Å²) in [7, 11) is -2.05. The molecule has 0 aliphatic carbocycles. The molecule has 9 heavy (non-hydrogen) atoms. The lowest BCUT2D eigenvalue weighted by Crippen LogP contribution is -2.19. The zero-order valence-corrected chi connectivity index (χ0v) is 5.90. The molecule has 4 heteroatoms. The second-order valence-corrected chi connectivity index (χ2v) is 3.04. The Bertz CT molecular complexity index is 155. The molecule has 0 bridgehead atoms. The predicted molar refractivity (Wildman–Crippen MR) is 35.4 cm³/mol. The van der Waals surface area contributed by atoms with Crippen LogP contribution in [-0.2, 0) is 4.57 Å². The molecule has 0 saturated heterocycles. The molecular weight excluding hydrogens is 137 g/mol. The van der Waals surface area contributed by atoms with E-state index in [1.54, 1.807) is 6.08 Å². The SMILES string of the molecule is O=[P+](O)C1=CCNCC1. The average Bonchev–Trinajstić information content (AvgIpc) is 1.90. The van der Waals surface area contributed by atoms with E-state index in [2.05, 4.69) is 5.32 Å². The van der Waals surface area contributed by atoms with Crippen LogP contribution in [0.3, 0.4) is 0 Å². The minimum absolute atomic E-state index is 0.684. The van der Waals surface area contributed by atoms with Crippen molar-refractivity contribution in [3.05, 3.63) is 11.4 Å². The molecule has 0 saturated carbocycles. The summed E-state index contributed by atoms with van der Waals surface area (Å²) in [5.41, 5.74) is 0. The van der Waals surface area contributed by atoms with E-state index in [-0.39, 0.29) is 0 Å². The summed E-state index contributed by atoms with van der Waals surface area (Å²) >= 11 is 0. The van der Waals surface area contributed by atoms with Gasteiger partial charge in [-0.15, -0.1) is 0 Å². The predicted octanol–water partition coefficient (Wildman–Crippen LogP) is 0.598. The van der Waals surface area contributed by atoms with E-state index in [1.165, 1.54) is 0 Å². The molecule has 0 radical (unpaired) electrons. The Morgan fingerprint density at radius 3 is 2.89 bits per heavy atom. The zero-order chi connectivity index (χ0) is 6.69. The highest BCUT2D eigenvalue weighted by molar-refractivity contribution is 7.43. The lowest BCUT2D eigenvalue weighted by atomic mass is 10.3. The number of hydrogen-bond donors (Lipinski definition) is 2. The Morgan fingerprint density at radius 1 is 1.78 bits per heavy atom. The molecule has 1 heterocycles. The molecule has 1 aliphatic rings. The Kier molecular flexibility index (Phi) is 2.34. The molecule has 0 aromatic rings. The minimum atomic E-state index is -2.05. The van der Waals surface area contributed by atoms with Gasteiger partial charge in [-0.3, -0.25) is 0 Å². The monoisotopic (exact) mass is 146 g/mol. The van der Waals surface area contributed by atoms with Gasteiger partial charge in [0.15, 0.2) is 5.31 Å². The second-order valence-electron chi connectivity index (χ2n) is 1.92. The van der Waals surface area contributed by atoms with E-state index in [1.807, 2.05) is 0 Å². The lowest BCUT2D eigenvalue weighted by molar-refractivity contribution is 0.506. The van der Waals surface area contributed by atoms with E-state index in [0.29, 0.717) is 11.7 Å². The third kappa shape index (κ3) is 1.86. The van der Waals surface area contributed by atoms with Crippen molar-refractivity contribution in [1.29, 1.82) is 0 Å². The Labute approximate surface area is 54.6 Å². The van der Waals surface area contributed by atoms with Crippen LogP contribution >= 0.6 is 8.03 Å². The van der Waals surface area contributed by atoms with Crippen LogP contribution in [0.25, 0.3) is 0 Å². The number of rotatable bonds is 1. The first-order valence-corrected chi connectivity index (χ1v) is 4.08. The highest BCUT2D eigenvalue weighted by atomic mass is 31.1. The van der Waals surface area contributed by atoms with Gasteiger partial charge >= 0.3 is 8.03 Å². The van der Waals surface area contributed by atoms with E-state index < -0.39 is 8.03 Å². The van der Waals surface area contributed by atoms with Crippen LogP contribution in [0.1, 0.15) is 6.42 Å². The zero-order valence-electron chi connectivity index (χ0n) is 5.00. The van der Waals surface area contributed by atoms with E-state index in [9.17, 15) is 4.57 Å². The highest BCUT2D eigenvalue weighted by Gasteiger charge is 2.21. The topological polar surface area (TPSA) is 49.3 Å². The fourth-order valence-electron chi connectivity index (χ4n) is 0.784. The fourth-order valence-corrected chi connectivity index (χ4v) is 1.33. The second kappa shape index (κ2) is 3.06. The van der Waals surface area contributed by atoms with Crippen LogP contribution in [0.2, 0.25) is 0 Å².